The summed E-state index contributed by atoms with van der Waals surface area (Å²) in [4.78, 5) is 1.13. The van der Waals surface area contributed by atoms with Crippen molar-refractivity contribution in [1.82, 2.24) is 0 Å². The number of halogens is 1. The summed E-state index contributed by atoms with van der Waals surface area (Å²) in [6, 6.07) is 5.14. The molecular weight excluding hydrogens is 187 g/mol. The molecule has 0 fully saturated rings. The fourth-order valence-corrected chi connectivity index (χ4v) is 2.45. The summed E-state index contributed by atoms with van der Waals surface area (Å²) in [5.74, 6) is -0.322. The summed E-state index contributed by atoms with van der Waals surface area (Å²) < 4.78 is 14.0. The first-order valence-corrected chi connectivity index (χ1v) is 4.82. The highest BCUT2D eigenvalue weighted by atomic mass is 32.1. The Morgan fingerprint density at radius 3 is 2.92 bits per heavy atom. The second-order valence-corrected chi connectivity index (χ2v) is 4.22. The maximum atomic E-state index is 13.2. The molecule has 0 spiro atoms. The molecule has 0 aliphatic heterocycles. The van der Waals surface area contributed by atoms with Gasteiger partial charge in [0, 0.05) is 15.1 Å². The van der Waals surface area contributed by atoms with Crippen LogP contribution in [-0.2, 0) is 6.61 Å². The van der Waals surface area contributed by atoms with E-state index in [0.29, 0.717) is 5.56 Å². The Morgan fingerprint density at radius 2 is 2.23 bits per heavy atom. The molecular formula is C10H9FOS. The average Bonchev–Trinajstić information content (AvgIpc) is 2.45. The Balaban J connectivity index is 2.82. The molecule has 1 aromatic heterocycles. The zero-order valence-corrected chi connectivity index (χ0v) is 7.99. The molecule has 68 valence electrons. The van der Waals surface area contributed by atoms with Gasteiger partial charge in [0.05, 0.1) is 6.61 Å². The normalized spacial score (nSPS) is 11.0. The van der Waals surface area contributed by atoms with Crippen LogP contribution in [0.1, 0.15) is 10.4 Å². The second-order valence-electron chi connectivity index (χ2n) is 2.96. The van der Waals surface area contributed by atoms with E-state index in [4.69, 9.17) is 5.11 Å². The van der Waals surface area contributed by atoms with Gasteiger partial charge in [-0.2, -0.15) is 0 Å². The zero-order valence-electron chi connectivity index (χ0n) is 7.17. The van der Waals surface area contributed by atoms with E-state index in [0.717, 1.165) is 15.0 Å². The summed E-state index contributed by atoms with van der Waals surface area (Å²) >= 11 is 1.52. The van der Waals surface area contributed by atoms with Crippen molar-refractivity contribution in [3.05, 3.63) is 34.5 Å². The molecule has 1 aromatic carbocycles. The van der Waals surface area contributed by atoms with E-state index in [1.165, 1.54) is 17.4 Å². The minimum Gasteiger partial charge on any atom is -0.392 e. The lowest BCUT2D eigenvalue weighted by Gasteiger charge is -1.99. The van der Waals surface area contributed by atoms with Crippen LogP contribution in [0.2, 0.25) is 0 Å². The average molecular weight is 196 g/mol. The van der Waals surface area contributed by atoms with E-state index in [1.807, 2.05) is 13.0 Å². The van der Waals surface area contributed by atoms with Gasteiger partial charge in [0.1, 0.15) is 5.82 Å². The van der Waals surface area contributed by atoms with Crippen LogP contribution < -0.4 is 0 Å². The van der Waals surface area contributed by atoms with Gasteiger partial charge in [0.25, 0.3) is 0 Å². The van der Waals surface area contributed by atoms with E-state index in [-0.39, 0.29) is 12.4 Å². The number of thiophene rings is 1. The standard InChI is InChI=1S/C10H9FOS/c1-6-4-7-2-3-9(11)8(5-12)10(7)13-6/h2-4,12H,5H2,1H3. The summed E-state index contributed by atoms with van der Waals surface area (Å²) in [5.41, 5.74) is 0.413. The van der Waals surface area contributed by atoms with Crippen LogP contribution in [0.15, 0.2) is 18.2 Å². The molecule has 13 heavy (non-hydrogen) atoms. The number of benzene rings is 1. The maximum absolute atomic E-state index is 13.2. The number of rotatable bonds is 1. The van der Waals surface area contributed by atoms with Crippen LogP contribution in [0, 0.1) is 12.7 Å². The lowest BCUT2D eigenvalue weighted by atomic mass is 10.1. The Labute approximate surface area is 79.4 Å². The quantitative estimate of drug-likeness (QED) is 0.743. The molecule has 0 bridgehead atoms. The van der Waals surface area contributed by atoms with Crippen molar-refractivity contribution in [1.29, 1.82) is 0 Å². The minimum absolute atomic E-state index is 0.233. The molecule has 1 heterocycles. The molecule has 1 N–H and O–H groups in total. The van der Waals surface area contributed by atoms with Crippen LogP contribution in [-0.4, -0.2) is 5.11 Å². The summed E-state index contributed by atoms with van der Waals surface area (Å²) in [7, 11) is 0. The molecule has 0 aliphatic rings. The highest BCUT2D eigenvalue weighted by Crippen LogP contribution is 2.29. The zero-order chi connectivity index (χ0) is 9.42. The smallest absolute Gasteiger partial charge is 0.130 e. The SMILES string of the molecule is Cc1cc2ccc(F)c(CO)c2s1. The summed E-state index contributed by atoms with van der Waals surface area (Å²) in [5, 5.41) is 10.00. The monoisotopic (exact) mass is 196 g/mol. The van der Waals surface area contributed by atoms with Gasteiger partial charge >= 0.3 is 0 Å². The predicted octanol–water partition coefficient (Wildman–Crippen LogP) is 2.84. The van der Waals surface area contributed by atoms with E-state index in [1.54, 1.807) is 6.07 Å². The highest BCUT2D eigenvalue weighted by Gasteiger charge is 2.08. The van der Waals surface area contributed by atoms with E-state index >= 15 is 0 Å². The molecule has 2 aromatic rings. The molecule has 0 saturated carbocycles. The predicted molar refractivity (Wildman–Crippen MR) is 52.4 cm³/mol. The Hall–Kier alpha value is -0.930. The van der Waals surface area contributed by atoms with Crippen molar-refractivity contribution in [2.24, 2.45) is 0 Å². The van der Waals surface area contributed by atoms with Gasteiger partial charge in [-0.15, -0.1) is 11.3 Å². The maximum Gasteiger partial charge on any atom is 0.130 e. The van der Waals surface area contributed by atoms with Crippen LogP contribution >= 0.6 is 11.3 Å². The summed E-state index contributed by atoms with van der Waals surface area (Å²) in [6.45, 7) is 1.74. The van der Waals surface area contributed by atoms with Crippen molar-refractivity contribution < 1.29 is 9.50 Å². The van der Waals surface area contributed by atoms with Crippen LogP contribution in [0.5, 0.6) is 0 Å². The van der Waals surface area contributed by atoms with Crippen molar-refractivity contribution >= 4 is 21.4 Å². The molecule has 1 nitrogen and oxygen atoms in total. The van der Waals surface area contributed by atoms with Gasteiger partial charge in [-0.3, -0.25) is 0 Å². The van der Waals surface area contributed by atoms with E-state index in [9.17, 15) is 4.39 Å². The molecule has 0 atom stereocenters. The number of aryl methyl sites for hydroxylation is 1. The van der Waals surface area contributed by atoms with Crippen molar-refractivity contribution in [3.8, 4) is 0 Å². The largest absolute Gasteiger partial charge is 0.392 e. The van der Waals surface area contributed by atoms with Crippen LogP contribution in [0.3, 0.4) is 0 Å². The molecule has 0 aliphatic carbocycles. The molecule has 0 unspecified atom stereocenters. The number of aliphatic hydroxyl groups excluding tert-OH is 1. The Bertz CT molecular complexity index is 447. The summed E-state index contributed by atoms with van der Waals surface area (Å²) in [6.07, 6.45) is 0. The van der Waals surface area contributed by atoms with E-state index < -0.39 is 0 Å². The van der Waals surface area contributed by atoms with E-state index in [2.05, 4.69) is 0 Å². The number of fused-ring (bicyclic) bond motifs is 1. The minimum atomic E-state index is -0.322. The van der Waals surface area contributed by atoms with Crippen molar-refractivity contribution in [2.45, 2.75) is 13.5 Å². The molecule has 0 amide bonds. The number of hydrogen-bond donors (Lipinski definition) is 1. The second kappa shape index (κ2) is 3.09. The van der Waals surface area contributed by atoms with Gasteiger partial charge in [-0.05, 0) is 24.4 Å². The molecule has 0 saturated heterocycles. The first-order chi connectivity index (χ1) is 6.22. The molecule has 2 rings (SSSR count). The van der Waals surface area contributed by atoms with Crippen LogP contribution in [0.25, 0.3) is 10.1 Å². The first kappa shape index (κ1) is 8.66. The van der Waals surface area contributed by atoms with Gasteiger partial charge in [-0.25, -0.2) is 4.39 Å². The first-order valence-electron chi connectivity index (χ1n) is 4.01. The fraction of sp³-hybridized carbons (Fsp3) is 0.200. The number of aliphatic hydroxyl groups is 1. The lowest BCUT2D eigenvalue weighted by molar-refractivity contribution is 0.277. The number of hydrogen-bond acceptors (Lipinski definition) is 2. The highest BCUT2D eigenvalue weighted by molar-refractivity contribution is 7.19. The molecule has 0 radical (unpaired) electrons. The van der Waals surface area contributed by atoms with Gasteiger partial charge < -0.3 is 5.11 Å². The lowest BCUT2D eigenvalue weighted by Crippen LogP contribution is -1.88. The topological polar surface area (TPSA) is 20.2 Å². The Kier molecular flexibility index (Phi) is 2.06. The van der Waals surface area contributed by atoms with Crippen LogP contribution in [0.4, 0.5) is 4.39 Å². The molecule has 3 heteroatoms. The van der Waals surface area contributed by atoms with Gasteiger partial charge in [0.2, 0.25) is 0 Å². The van der Waals surface area contributed by atoms with Gasteiger partial charge in [0.15, 0.2) is 0 Å². The third-order valence-electron chi connectivity index (χ3n) is 2.01. The Morgan fingerprint density at radius 1 is 1.46 bits per heavy atom. The van der Waals surface area contributed by atoms with Crippen molar-refractivity contribution in [3.63, 3.8) is 0 Å². The third-order valence-corrected chi connectivity index (χ3v) is 3.14. The fourth-order valence-electron chi connectivity index (χ4n) is 1.41. The van der Waals surface area contributed by atoms with Crippen molar-refractivity contribution in [2.75, 3.05) is 0 Å². The third kappa shape index (κ3) is 1.34. The van der Waals surface area contributed by atoms with Gasteiger partial charge in [-0.1, -0.05) is 6.07 Å².